The second-order valence-corrected chi connectivity index (χ2v) is 6.96. The van der Waals surface area contributed by atoms with Gasteiger partial charge in [0, 0.05) is 6.07 Å². The molecule has 0 saturated carbocycles. The van der Waals surface area contributed by atoms with Gasteiger partial charge in [-0.25, -0.2) is 4.79 Å². The van der Waals surface area contributed by atoms with Crippen LogP contribution in [0.5, 0.6) is 11.5 Å². The number of urea groups is 1. The van der Waals surface area contributed by atoms with Crippen molar-refractivity contribution >= 4 is 40.8 Å². The highest BCUT2D eigenvalue weighted by Gasteiger charge is 2.32. The molecule has 10 heteroatoms. The predicted octanol–water partition coefficient (Wildman–Crippen LogP) is 2.22. The molecule has 3 rings (SSSR count). The maximum atomic E-state index is 12.9. The van der Waals surface area contributed by atoms with Crippen molar-refractivity contribution in [3.8, 4) is 11.5 Å². The number of primary amides is 1. The second-order valence-electron chi connectivity index (χ2n) is 6.56. The molecule has 0 atom stereocenters. The monoisotopic (exact) mass is 432 g/mol. The average molecular weight is 433 g/mol. The highest BCUT2D eigenvalue weighted by Crippen LogP contribution is 2.36. The molecule has 2 aromatic rings. The summed E-state index contributed by atoms with van der Waals surface area (Å²) >= 11 is 6.14. The van der Waals surface area contributed by atoms with Gasteiger partial charge in [0.05, 0.1) is 37.2 Å². The molecule has 30 heavy (non-hydrogen) atoms. The minimum absolute atomic E-state index is 0.234. The molecule has 0 fully saturated rings. The van der Waals surface area contributed by atoms with Gasteiger partial charge in [-0.2, -0.15) is 0 Å². The Balaban J connectivity index is 1.84. The summed E-state index contributed by atoms with van der Waals surface area (Å²) in [6.07, 6.45) is 0. The Bertz CT molecular complexity index is 997. The van der Waals surface area contributed by atoms with Crippen molar-refractivity contribution < 1.29 is 23.9 Å². The average Bonchev–Trinajstić information content (AvgIpc) is 2.71. The van der Waals surface area contributed by atoms with Crippen LogP contribution < -0.4 is 25.4 Å². The number of nitrogens with one attached hydrogen (secondary N) is 1. The van der Waals surface area contributed by atoms with Crippen molar-refractivity contribution in [3.05, 3.63) is 47.0 Å². The lowest BCUT2D eigenvalue weighted by Crippen LogP contribution is -2.51. The smallest absolute Gasteiger partial charge is 0.325 e. The van der Waals surface area contributed by atoms with E-state index in [1.165, 1.54) is 30.1 Å². The number of methoxy groups -OCH3 is 2. The minimum Gasteiger partial charge on any atom is -0.495 e. The van der Waals surface area contributed by atoms with Gasteiger partial charge < -0.3 is 25.4 Å². The van der Waals surface area contributed by atoms with Gasteiger partial charge in [0.25, 0.3) is 0 Å². The zero-order valence-electron chi connectivity index (χ0n) is 16.5. The molecule has 3 N–H and O–H groups in total. The molecule has 158 valence electrons. The van der Waals surface area contributed by atoms with Crippen LogP contribution >= 0.6 is 11.6 Å². The number of hydrogen-bond acceptors (Lipinski definition) is 5. The molecule has 1 aliphatic rings. The number of nitrogens with zero attached hydrogens (tertiary/aromatic N) is 2. The normalized spacial score (nSPS) is 13.0. The Hall–Kier alpha value is -3.46. The SMILES string of the molecule is COc1cc(OC)c(NC(=O)CN2C(=O)N(CC(N)=O)Cc3ccccc32)cc1Cl. The predicted molar refractivity (Wildman–Crippen MR) is 112 cm³/mol. The second kappa shape index (κ2) is 8.91. The van der Waals surface area contributed by atoms with Gasteiger partial charge >= 0.3 is 6.03 Å². The Morgan fingerprint density at radius 3 is 2.50 bits per heavy atom. The van der Waals surface area contributed by atoms with Crippen LogP contribution in [0, 0.1) is 0 Å². The van der Waals surface area contributed by atoms with Crippen LogP contribution in [0.2, 0.25) is 5.02 Å². The Labute approximate surface area is 178 Å². The van der Waals surface area contributed by atoms with Crippen LogP contribution in [-0.2, 0) is 16.1 Å². The van der Waals surface area contributed by atoms with E-state index in [4.69, 9.17) is 26.8 Å². The van der Waals surface area contributed by atoms with E-state index >= 15 is 0 Å². The van der Waals surface area contributed by atoms with Crippen LogP contribution in [-0.4, -0.2) is 50.1 Å². The zero-order valence-corrected chi connectivity index (χ0v) is 17.2. The lowest BCUT2D eigenvalue weighted by molar-refractivity contribution is -0.118. The summed E-state index contributed by atoms with van der Waals surface area (Å²) in [5, 5.41) is 2.99. The van der Waals surface area contributed by atoms with Crippen LogP contribution in [0.4, 0.5) is 16.2 Å². The van der Waals surface area contributed by atoms with Gasteiger partial charge in [-0.3, -0.25) is 14.5 Å². The molecule has 2 aromatic carbocycles. The fourth-order valence-electron chi connectivity index (χ4n) is 3.21. The maximum absolute atomic E-state index is 12.9. The van der Waals surface area contributed by atoms with Crippen molar-refractivity contribution in [2.24, 2.45) is 5.73 Å². The number of benzene rings is 2. The van der Waals surface area contributed by atoms with E-state index in [9.17, 15) is 14.4 Å². The third-order valence-electron chi connectivity index (χ3n) is 4.54. The number of carbonyl (C=O) groups excluding carboxylic acids is 3. The standard InChI is InChI=1S/C20H21ClN4O5/c1-29-16-8-17(30-2)14(7-13(16)21)23-19(27)11-25-15-6-4-3-5-12(15)9-24(20(25)28)10-18(22)26/h3-8H,9-11H2,1-2H3,(H2,22,26)(H,23,27). The van der Waals surface area contributed by atoms with Gasteiger partial charge in [-0.05, 0) is 17.7 Å². The molecule has 0 bridgehead atoms. The van der Waals surface area contributed by atoms with Crippen molar-refractivity contribution in [3.63, 3.8) is 0 Å². The van der Waals surface area contributed by atoms with Gasteiger partial charge in [-0.1, -0.05) is 29.8 Å². The van der Waals surface area contributed by atoms with Crippen molar-refractivity contribution in [2.45, 2.75) is 6.54 Å². The van der Waals surface area contributed by atoms with E-state index in [2.05, 4.69) is 5.32 Å². The number of amides is 4. The van der Waals surface area contributed by atoms with Crippen molar-refractivity contribution in [2.75, 3.05) is 37.5 Å². The molecule has 0 radical (unpaired) electrons. The van der Waals surface area contributed by atoms with Crippen LogP contribution in [0.15, 0.2) is 36.4 Å². The quantitative estimate of drug-likeness (QED) is 0.696. The summed E-state index contributed by atoms with van der Waals surface area (Å²) in [7, 11) is 2.92. The minimum atomic E-state index is -0.634. The first-order valence-corrected chi connectivity index (χ1v) is 9.35. The Morgan fingerprint density at radius 1 is 1.13 bits per heavy atom. The molecule has 0 aromatic heterocycles. The summed E-state index contributed by atoms with van der Waals surface area (Å²) in [5.41, 5.74) is 6.99. The van der Waals surface area contributed by atoms with E-state index in [-0.39, 0.29) is 19.6 Å². The van der Waals surface area contributed by atoms with E-state index in [1.54, 1.807) is 18.2 Å². The lowest BCUT2D eigenvalue weighted by Gasteiger charge is -2.36. The van der Waals surface area contributed by atoms with Crippen molar-refractivity contribution in [1.29, 1.82) is 0 Å². The number of para-hydroxylation sites is 1. The fraction of sp³-hybridized carbons (Fsp3) is 0.250. The summed E-state index contributed by atoms with van der Waals surface area (Å²) < 4.78 is 10.4. The largest absolute Gasteiger partial charge is 0.495 e. The highest BCUT2D eigenvalue weighted by atomic mass is 35.5. The number of rotatable bonds is 7. The molecule has 0 unspecified atom stereocenters. The number of anilines is 2. The number of halogens is 1. The highest BCUT2D eigenvalue weighted by molar-refractivity contribution is 6.32. The van der Waals surface area contributed by atoms with Gasteiger partial charge in [-0.15, -0.1) is 0 Å². The van der Waals surface area contributed by atoms with E-state index in [0.29, 0.717) is 27.9 Å². The van der Waals surface area contributed by atoms with Crippen molar-refractivity contribution in [1.82, 2.24) is 4.90 Å². The third-order valence-corrected chi connectivity index (χ3v) is 4.84. The Kier molecular flexibility index (Phi) is 6.31. The lowest BCUT2D eigenvalue weighted by atomic mass is 10.1. The first kappa shape index (κ1) is 21.3. The molecular formula is C20H21ClN4O5. The summed E-state index contributed by atoms with van der Waals surface area (Å²) in [5.74, 6) is -0.359. The first-order chi connectivity index (χ1) is 14.3. The Morgan fingerprint density at radius 2 is 1.83 bits per heavy atom. The molecule has 1 heterocycles. The summed E-state index contributed by atoms with van der Waals surface area (Å²) in [4.78, 5) is 39.6. The molecule has 0 saturated heterocycles. The number of ether oxygens (including phenoxy) is 2. The number of nitrogens with two attached hydrogens (primary N) is 1. The molecule has 9 nitrogen and oxygen atoms in total. The zero-order chi connectivity index (χ0) is 21.8. The third kappa shape index (κ3) is 4.41. The maximum Gasteiger partial charge on any atom is 0.325 e. The molecule has 1 aliphatic heterocycles. The van der Waals surface area contributed by atoms with E-state index in [1.807, 2.05) is 12.1 Å². The summed E-state index contributed by atoms with van der Waals surface area (Å²) in [6, 6.07) is 9.73. The number of carbonyl (C=O) groups is 3. The van der Waals surface area contributed by atoms with Crippen LogP contribution in [0.3, 0.4) is 0 Å². The molecular weight excluding hydrogens is 412 g/mol. The van der Waals surface area contributed by atoms with Crippen LogP contribution in [0.25, 0.3) is 0 Å². The molecule has 0 spiro atoms. The number of hydrogen-bond donors (Lipinski definition) is 2. The van der Waals surface area contributed by atoms with Gasteiger partial charge in [0.1, 0.15) is 24.6 Å². The van der Waals surface area contributed by atoms with Crippen LogP contribution in [0.1, 0.15) is 5.56 Å². The summed E-state index contributed by atoms with van der Waals surface area (Å²) in [6.45, 7) is -0.289. The molecule has 4 amide bonds. The fourth-order valence-corrected chi connectivity index (χ4v) is 3.45. The topological polar surface area (TPSA) is 114 Å². The van der Waals surface area contributed by atoms with Gasteiger partial charge in [0.2, 0.25) is 11.8 Å². The van der Waals surface area contributed by atoms with E-state index < -0.39 is 17.8 Å². The molecule has 0 aliphatic carbocycles. The van der Waals surface area contributed by atoms with E-state index in [0.717, 1.165) is 5.56 Å². The van der Waals surface area contributed by atoms with Gasteiger partial charge in [0.15, 0.2) is 0 Å². The number of fused-ring (bicyclic) bond motifs is 1. The first-order valence-electron chi connectivity index (χ1n) is 8.98.